The molecule has 0 fully saturated rings. The molecule has 3 nitrogen and oxygen atoms in total. The Morgan fingerprint density at radius 3 is 1.67 bits per heavy atom. The van der Waals surface area contributed by atoms with Crippen LogP contribution in [0.2, 0.25) is 0 Å². The van der Waals surface area contributed by atoms with Gasteiger partial charge in [-0.05, 0) is 65.7 Å². The highest BCUT2D eigenvalue weighted by atomic mass is 15.0. The average Bonchev–Trinajstić information content (AvgIpc) is 3.72. The Labute approximate surface area is 296 Å². The van der Waals surface area contributed by atoms with Gasteiger partial charge in [-0.15, -0.1) is 0 Å². The van der Waals surface area contributed by atoms with Gasteiger partial charge in [0.25, 0.3) is 0 Å². The molecule has 0 saturated carbocycles. The smallest absolute Gasteiger partial charge is 0.328 e. The van der Waals surface area contributed by atoms with Crippen molar-refractivity contribution in [2.24, 2.45) is 0 Å². The molecular weight excluding hydrogens is 617 g/mol. The van der Waals surface area contributed by atoms with E-state index in [0.29, 0.717) is 0 Å². The normalized spacial score (nSPS) is 11.5. The molecule has 0 unspecified atom stereocenters. The van der Waals surface area contributed by atoms with Gasteiger partial charge in [0, 0.05) is 50.0 Å². The molecule has 0 saturated heterocycles. The fraction of sp³-hybridized carbons (Fsp3) is 0. The maximum atomic E-state index is 4.84. The second-order valence-electron chi connectivity index (χ2n) is 13.2. The molecule has 10 aromatic rings. The first kappa shape index (κ1) is 29.3. The molecule has 0 radical (unpaired) electrons. The van der Waals surface area contributed by atoms with Crippen molar-refractivity contribution in [3.05, 3.63) is 194 Å². The van der Waals surface area contributed by atoms with Crippen molar-refractivity contribution < 1.29 is 0 Å². The van der Waals surface area contributed by atoms with Crippen LogP contribution >= 0.6 is 0 Å². The first-order valence-electron chi connectivity index (χ1n) is 17.5. The Balaban J connectivity index is 1.24. The molecule has 0 spiro atoms. The lowest BCUT2D eigenvalue weighted by Crippen LogP contribution is -2.48. The van der Waals surface area contributed by atoms with Crippen molar-refractivity contribution in [2.45, 2.75) is 0 Å². The summed E-state index contributed by atoms with van der Waals surface area (Å²) in [6, 6.07) is 67.9. The zero-order chi connectivity index (χ0) is 33.7. The minimum absolute atomic E-state index is 0.0384. The molecular formula is C47H32BN3. The number of pyridine rings is 1. The van der Waals surface area contributed by atoms with E-state index in [1.165, 1.54) is 71.4 Å². The van der Waals surface area contributed by atoms with E-state index in [2.05, 4.69) is 191 Å². The van der Waals surface area contributed by atoms with Gasteiger partial charge in [-0.25, -0.2) is 0 Å². The number of nitrogens with zero attached hydrogens (tertiary/aromatic N) is 3. The largest absolute Gasteiger partial charge is 0.375 e. The van der Waals surface area contributed by atoms with E-state index in [9.17, 15) is 0 Å². The van der Waals surface area contributed by atoms with Crippen molar-refractivity contribution in [3.63, 3.8) is 0 Å². The summed E-state index contributed by atoms with van der Waals surface area (Å²) < 4.78 is 4.91. The molecule has 0 aliphatic rings. The summed E-state index contributed by atoms with van der Waals surface area (Å²) in [7, 11) is 0. The molecule has 0 N–H and O–H groups in total. The van der Waals surface area contributed by atoms with Crippen LogP contribution in [0.15, 0.2) is 194 Å². The molecule has 0 atom stereocenters. The van der Waals surface area contributed by atoms with Gasteiger partial charge in [0.15, 0.2) is 0 Å². The van der Waals surface area contributed by atoms with E-state index >= 15 is 0 Å². The van der Waals surface area contributed by atoms with Crippen molar-refractivity contribution in [2.75, 3.05) is 0 Å². The van der Waals surface area contributed by atoms with Crippen LogP contribution in [0.1, 0.15) is 0 Å². The topological polar surface area (TPSA) is 22.8 Å². The summed E-state index contributed by atoms with van der Waals surface area (Å²) >= 11 is 0. The number of aromatic nitrogens is 3. The summed E-state index contributed by atoms with van der Waals surface area (Å²) in [5.41, 5.74) is 12.9. The van der Waals surface area contributed by atoms with Crippen LogP contribution in [-0.2, 0) is 0 Å². The van der Waals surface area contributed by atoms with Crippen molar-refractivity contribution >= 4 is 61.4 Å². The molecule has 7 aromatic carbocycles. The third-order valence-corrected chi connectivity index (χ3v) is 10.3. The maximum absolute atomic E-state index is 4.84. The van der Waals surface area contributed by atoms with Gasteiger partial charge in [-0.3, -0.25) is 4.98 Å². The quantitative estimate of drug-likeness (QED) is 0.164. The van der Waals surface area contributed by atoms with Crippen LogP contribution in [0.3, 0.4) is 0 Å². The molecule has 3 heterocycles. The number of benzene rings is 7. The number of fused-ring (bicyclic) bond motifs is 6. The van der Waals surface area contributed by atoms with Crippen molar-refractivity contribution in [3.8, 4) is 28.1 Å². The monoisotopic (exact) mass is 649 g/mol. The third-order valence-electron chi connectivity index (χ3n) is 10.3. The van der Waals surface area contributed by atoms with Gasteiger partial charge in [-0.1, -0.05) is 144 Å². The van der Waals surface area contributed by atoms with Crippen LogP contribution in [0.5, 0.6) is 0 Å². The van der Waals surface area contributed by atoms with Gasteiger partial charge in [0.2, 0.25) is 0 Å². The molecule has 0 amide bonds. The highest BCUT2D eigenvalue weighted by molar-refractivity contribution is 6.85. The van der Waals surface area contributed by atoms with Crippen molar-refractivity contribution in [1.82, 2.24) is 14.0 Å². The zero-order valence-corrected chi connectivity index (χ0v) is 27.9. The Morgan fingerprint density at radius 1 is 0.412 bits per heavy atom. The Kier molecular flexibility index (Phi) is 6.92. The van der Waals surface area contributed by atoms with Gasteiger partial charge in [-0.2, -0.15) is 0 Å². The zero-order valence-electron chi connectivity index (χ0n) is 27.9. The average molecular weight is 650 g/mol. The van der Waals surface area contributed by atoms with Gasteiger partial charge in [0.05, 0.1) is 16.7 Å². The fourth-order valence-corrected chi connectivity index (χ4v) is 8.05. The summed E-state index contributed by atoms with van der Waals surface area (Å²) in [6.45, 7) is -0.0384. The highest BCUT2D eigenvalue weighted by Crippen LogP contribution is 2.39. The predicted molar refractivity (Wildman–Crippen MR) is 216 cm³/mol. The Bertz CT molecular complexity index is 2800. The standard InChI is InChI=1S/C47H32BN3/c1-4-15-35(16-5-1)48(36-17-6-2-7-18-36)51-46-29-27-34(32-42(46)39-22-14-23-40(47(39)51)43-24-12-13-30-49-43)33-26-28-45-41(31-33)38-21-10-11-25-44(38)50(45)37-19-8-3-9-20-37/h1-32H. The lowest BCUT2D eigenvalue weighted by atomic mass is 9.50. The molecule has 4 heteroatoms. The van der Waals surface area contributed by atoms with Crippen LogP contribution in [0, 0.1) is 0 Å². The first-order valence-corrected chi connectivity index (χ1v) is 17.5. The molecule has 51 heavy (non-hydrogen) atoms. The second-order valence-corrected chi connectivity index (χ2v) is 13.2. The molecule has 10 rings (SSSR count). The van der Waals surface area contributed by atoms with Gasteiger partial charge >= 0.3 is 6.85 Å². The van der Waals surface area contributed by atoms with Crippen LogP contribution in [0.4, 0.5) is 0 Å². The Hall–Kier alpha value is -6.65. The summed E-state index contributed by atoms with van der Waals surface area (Å²) in [5, 5.41) is 4.95. The van der Waals surface area contributed by atoms with Gasteiger partial charge < -0.3 is 9.05 Å². The third kappa shape index (κ3) is 4.79. The van der Waals surface area contributed by atoms with Crippen LogP contribution < -0.4 is 10.9 Å². The first-order chi connectivity index (χ1) is 25.3. The summed E-state index contributed by atoms with van der Waals surface area (Å²) in [6.07, 6.45) is 1.88. The summed E-state index contributed by atoms with van der Waals surface area (Å²) in [4.78, 5) is 4.84. The van der Waals surface area contributed by atoms with Crippen molar-refractivity contribution in [1.29, 1.82) is 0 Å². The highest BCUT2D eigenvalue weighted by Gasteiger charge is 2.28. The van der Waals surface area contributed by atoms with E-state index in [0.717, 1.165) is 11.3 Å². The maximum Gasteiger partial charge on any atom is 0.328 e. The fourth-order valence-electron chi connectivity index (χ4n) is 8.05. The number of rotatable bonds is 6. The SMILES string of the molecule is c1ccc(B(c2ccccc2)n2c3ccc(-c4ccc5c(c4)c4ccccc4n5-c4ccccc4)cc3c3cccc(-c4ccccn4)c32)cc1. The molecule has 0 aliphatic heterocycles. The molecule has 0 aliphatic carbocycles. The molecule has 238 valence electrons. The predicted octanol–water partition coefficient (Wildman–Crippen LogP) is 10.3. The lowest BCUT2D eigenvalue weighted by molar-refractivity contribution is 1.18. The second kappa shape index (κ2) is 12.0. The lowest BCUT2D eigenvalue weighted by Gasteiger charge is -2.20. The van der Waals surface area contributed by atoms with E-state index in [1.54, 1.807) is 0 Å². The van der Waals surface area contributed by atoms with E-state index in [-0.39, 0.29) is 6.85 Å². The van der Waals surface area contributed by atoms with Crippen LogP contribution in [-0.4, -0.2) is 20.9 Å². The number of hydrogen-bond donors (Lipinski definition) is 0. The minimum atomic E-state index is -0.0384. The molecule has 0 bridgehead atoms. The van der Waals surface area contributed by atoms with Crippen LogP contribution in [0.25, 0.3) is 71.7 Å². The summed E-state index contributed by atoms with van der Waals surface area (Å²) in [5.74, 6) is 0. The van der Waals surface area contributed by atoms with E-state index < -0.39 is 0 Å². The van der Waals surface area contributed by atoms with E-state index in [4.69, 9.17) is 4.98 Å². The minimum Gasteiger partial charge on any atom is -0.375 e. The van der Waals surface area contributed by atoms with Gasteiger partial charge in [0.1, 0.15) is 0 Å². The molecule has 3 aromatic heterocycles. The van der Waals surface area contributed by atoms with E-state index in [1.807, 2.05) is 12.3 Å². The number of para-hydroxylation sites is 3. The number of hydrogen-bond acceptors (Lipinski definition) is 1. The Morgan fingerprint density at radius 2 is 0.980 bits per heavy atom.